The van der Waals surface area contributed by atoms with Gasteiger partial charge in [-0.1, -0.05) is 18.2 Å². The van der Waals surface area contributed by atoms with E-state index in [1.807, 2.05) is 35.1 Å². The summed E-state index contributed by atoms with van der Waals surface area (Å²) in [6, 6.07) is 10.1. The van der Waals surface area contributed by atoms with E-state index in [2.05, 4.69) is 32.1 Å². The average Bonchev–Trinajstić information content (AvgIpc) is 2.74. The van der Waals surface area contributed by atoms with Crippen molar-refractivity contribution in [3.05, 3.63) is 53.4 Å². The molecule has 0 spiro atoms. The lowest BCUT2D eigenvalue weighted by molar-refractivity contribution is 0.902. The second-order valence-corrected chi connectivity index (χ2v) is 4.30. The second kappa shape index (κ2) is 3.72. The molecule has 0 aliphatic rings. The molecule has 3 rings (SSSR count). The van der Waals surface area contributed by atoms with Crippen molar-refractivity contribution in [1.82, 2.24) is 14.8 Å². The van der Waals surface area contributed by atoms with Crippen LogP contribution in [0.2, 0.25) is 0 Å². The Kier molecular flexibility index (Phi) is 2.22. The first kappa shape index (κ1) is 9.54. The van der Waals surface area contributed by atoms with E-state index >= 15 is 0 Å². The molecule has 4 heteroatoms. The minimum absolute atomic E-state index is 0.934. The summed E-state index contributed by atoms with van der Waals surface area (Å²) in [6.07, 6.45) is 5.39. The first-order valence-electron chi connectivity index (χ1n) is 4.89. The predicted molar refractivity (Wildman–Crippen MR) is 66.6 cm³/mol. The van der Waals surface area contributed by atoms with Crippen LogP contribution in [0.25, 0.3) is 16.6 Å². The zero-order valence-corrected chi connectivity index (χ0v) is 9.92. The molecule has 0 aliphatic carbocycles. The van der Waals surface area contributed by atoms with Crippen LogP contribution in [-0.2, 0) is 0 Å². The maximum atomic E-state index is 4.39. The highest BCUT2D eigenvalue weighted by Crippen LogP contribution is 2.23. The van der Waals surface area contributed by atoms with Crippen LogP contribution < -0.4 is 0 Å². The Morgan fingerprint density at radius 2 is 1.94 bits per heavy atom. The summed E-state index contributed by atoms with van der Waals surface area (Å²) in [4.78, 5) is 4.05. The lowest BCUT2D eigenvalue weighted by Gasteiger charge is -2.04. The third-order valence-corrected chi connectivity index (χ3v) is 3.07. The molecule has 0 radical (unpaired) electrons. The standard InChI is InChI=1S/C12H8BrN3/c13-10-8-14-6-5-12(10)16-11-4-2-1-3-9(11)7-15-16/h1-8H. The smallest absolute Gasteiger partial charge is 0.0825 e. The van der Waals surface area contributed by atoms with E-state index in [4.69, 9.17) is 0 Å². The van der Waals surface area contributed by atoms with E-state index in [9.17, 15) is 0 Å². The van der Waals surface area contributed by atoms with E-state index < -0.39 is 0 Å². The number of hydrogen-bond donors (Lipinski definition) is 0. The summed E-state index contributed by atoms with van der Waals surface area (Å²) in [5.74, 6) is 0. The van der Waals surface area contributed by atoms with Gasteiger partial charge in [-0.15, -0.1) is 0 Å². The van der Waals surface area contributed by atoms with Crippen LogP contribution in [0.4, 0.5) is 0 Å². The number of fused-ring (bicyclic) bond motifs is 1. The maximum Gasteiger partial charge on any atom is 0.0825 e. The van der Waals surface area contributed by atoms with Gasteiger partial charge in [0.15, 0.2) is 0 Å². The van der Waals surface area contributed by atoms with Crippen LogP contribution >= 0.6 is 15.9 Å². The van der Waals surface area contributed by atoms with Gasteiger partial charge in [-0.3, -0.25) is 4.98 Å². The van der Waals surface area contributed by atoms with Crippen molar-refractivity contribution >= 4 is 26.8 Å². The van der Waals surface area contributed by atoms with Crippen LogP contribution in [0.3, 0.4) is 0 Å². The van der Waals surface area contributed by atoms with Crippen LogP contribution in [0.5, 0.6) is 0 Å². The van der Waals surface area contributed by atoms with Crippen molar-refractivity contribution in [2.75, 3.05) is 0 Å². The molecule has 0 unspecified atom stereocenters. The third-order valence-electron chi connectivity index (χ3n) is 2.46. The Labute approximate surface area is 101 Å². The number of nitrogens with zero attached hydrogens (tertiary/aromatic N) is 3. The molecule has 1 aromatic carbocycles. The Morgan fingerprint density at radius 1 is 1.06 bits per heavy atom. The topological polar surface area (TPSA) is 30.7 Å². The summed E-state index contributed by atoms with van der Waals surface area (Å²) in [6.45, 7) is 0. The van der Waals surface area contributed by atoms with Gasteiger partial charge in [-0.05, 0) is 28.1 Å². The molecule has 3 aromatic rings. The summed E-state index contributed by atoms with van der Waals surface area (Å²) >= 11 is 3.48. The van der Waals surface area contributed by atoms with E-state index in [0.717, 1.165) is 21.1 Å². The summed E-state index contributed by atoms with van der Waals surface area (Å²) in [7, 11) is 0. The van der Waals surface area contributed by atoms with Gasteiger partial charge in [-0.25, -0.2) is 4.68 Å². The number of para-hydroxylation sites is 1. The number of aromatic nitrogens is 3. The minimum Gasteiger partial charge on any atom is -0.263 e. The Bertz CT molecular complexity index is 645. The van der Waals surface area contributed by atoms with Gasteiger partial charge in [0.05, 0.1) is 21.9 Å². The number of halogens is 1. The summed E-state index contributed by atoms with van der Waals surface area (Å²) < 4.78 is 2.84. The van der Waals surface area contributed by atoms with Gasteiger partial charge < -0.3 is 0 Å². The molecule has 0 N–H and O–H groups in total. The lowest BCUT2D eigenvalue weighted by Crippen LogP contribution is -1.97. The SMILES string of the molecule is Brc1cnccc1-n1ncc2ccccc21. The molecular weight excluding hydrogens is 266 g/mol. The molecule has 2 aromatic heterocycles. The molecule has 2 heterocycles. The van der Waals surface area contributed by atoms with Crippen molar-refractivity contribution < 1.29 is 0 Å². The molecule has 0 amide bonds. The second-order valence-electron chi connectivity index (χ2n) is 3.44. The number of benzene rings is 1. The average molecular weight is 274 g/mol. The van der Waals surface area contributed by atoms with E-state index in [-0.39, 0.29) is 0 Å². The number of hydrogen-bond acceptors (Lipinski definition) is 2. The Balaban J connectivity index is 2.31. The van der Waals surface area contributed by atoms with Gasteiger partial charge in [0.1, 0.15) is 0 Å². The summed E-state index contributed by atoms with van der Waals surface area (Å²) in [5.41, 5.74) is 2.09. The molecule has 0 saturated heterocycles. The zero-order chi connectivity index (χ0) is 11.0. The Hall–Kier alpha value is -1.68. The van der Waals surface area contributed by atoms with Crippen molar-refractivity contribution in [2.45, 2.75) is 0 Å². The molecule has 0 atom stereocenters. The van der Waals surface area contributed by atoms with Crippen LogP contribution in [0.15, 0.2) is 53.4 Å². The van der Waals surface area contributed by atoms with Crippen LogP contribution in [0.1, 0.15) is 0 Å². The van der Waals surface area contributed by atoms with E-state index in [1.54, 1.807) is 12.4 Å². The fraction of sp³-hybridized carbons (Fsp3) is 0. The summed E-state index contributed by atoms with van der Waals surface area (Å²) in [5, 5.41) is 5.52. The minimum atomic E-state index is 0.934. The van der Waals surface area contributed by atoms with Crippen molar-refractivity contribution in [3.63, 3.8) is 0 Å². The van der Waals surface area contributed by atoms with Crippen LogP contribution in [0, 0.1) is 0 Å². The normalized spacial score (nSPS) is 10.8. The largest absolute Gasteiger partial charge is 0.263 e. The highest BCUT2D eigenvalue weighted by molar-refractivity contribution is 9.10. The molecule has 0 aliphatic heterocycles. The lowest BCUT2D eigenvalue weighted by atomic mass is 10.2. The van der Waals surface area contributed by atoms with Gasteiger partial charge in [0.2, 0.25) is 0 Å². The maximum absolute atomic E-state index is 4.39. The van der Waals surface area contributed by atoms with E-state index in [1.165, 1.54) is 0 Å². The first-order chi connectivity index (χ1) is 7.86. The number of pyridine rings is 1. The van der Waals surface area contributed by atoms with Crippen LogP contribution in [-0.4, -0.2) is 14.8 Å². The molecule has 0 saturated carbocycles. The van der Waals surface area contributed by atoms with Gasteiger partial charge in [0.25, 0.3) is 0 Å². The molecule has 16 heavy (non-hydrogen) atoms. The molecule has 0 bridgehead atoms. The van der Waals surface area contributed by atoms with E-state index in [0.29, 0.717) is 0 Å². The fourth-order valence-electron chi connectivity index (χ4n) is 1.70. The number of rotatable bonds is 1. The van der Waals surface area contributed by atoms with Crippen molar-refractivity contribution in [1.29, 1.82) is 0 Å². The van der Waals surface area contributed by atoms with Crippen molar-refractivity contribution in [2.24, 2.45) is 0 Å². The highest BCUT2D eigenvalue weighted by atomic mass is 79.9. The molecular formula is C12H8BrN3. The molecule has 78 valence electrons. The highest BCUT2D eigenvalue weighted by Gasteiger charge is 2.06. The third kappa shape index (κ3) is 1.42. The van der Waals surface area contributed by atoms with Gasteiger partial charge in [-0.2, -0.15) is 5.10 Å². The Morgan fingerprint density at radius 3 is 2.81 bits per heavy atom. The molecule has 0 fully saturated rings. The first-order valence-corrected chi connectivity index (χ1v) is 5.68. The monoisotopic (exact) mass is 273 g/mol. The predicted octanol–water partition coefficient (Wildman–Crippen LogP) is 3.18. The van der Waals surface area contributed by atoms with Gasteiger partial charge in [0, 0.05) is 17.8 Å². The molecule has 3 nitrogen and oxygen atoms in total. The zero-order valence-electron chi connectivity index (χ0n) is 8.34. The quantitative estimate of drug-likeness (QED) is 0.682. The fourth-order valence-corrected chi connectivity index (χ4v) is 2.12. The van der Waals surface area contributed by atoms with Gasteiger partial charge >= 0.3 is 0 Å². The van der Waals surface area contributed by atoms with Crippen molar-refractivity contribution in [3.8, 4) is 5.69 Å².